The zero-order valence-electron chi connectivity index (χ0n) is 5.47. The van der Waals surface area contributed by atoms with E-state index in [9.17, 15) is 0 Å². The van der Waals surface area contributed by atoms with Gasteiger partial charge < -0.3 is 21.4 Å². The summed E-state index contributed by atoms with van der Waals surface area (Å²) in [7, 11) is 1.72. The summed E-state index contributed by atoms with van der Waals surface area (Å²) >= 11 is 0. The summed E-state index contributed by atoms with van der Waals surface area (Å²) in [5.41, 5.74) is 0. The first-order valence-electron chi connectivity index (χ1n) is 2.62. The second kappa shape index (κ2) is 4.09. The Bertz CT molecular complexity index is 214. The van der Waals surface area contributed by atoms with Gasteiger partial charge in [-0.1, -0.05) is 0 Å². The lowest BCUT2D eigenvalue weighted by atomic mass is 10.6. The molecule has 4 heteroatoms. The van der Waals surface area contributed by atoms with Gasteiger partial charge in [-0.3, -0.25) is 0 Å². The molecule has 10 heavy (non-hydrogen) atoms. The van der Waals surface area contributed by atoms with Crippen molar-refractivity contribution in [1.82, 2.24) is 0 Å². The van der Waals surface area contributed by atoms with Crippen LogP contribution in [0.3, 0.4) is 0 Å². The number of nitrogens with one attached hydrogen (secondary N) is 1. The van der Waals surface area contributed by atoms with Gasteiger partial charge in [0.25, 0.3) is 0 Å². The third-order valence-electron chi connectivity index (χ3n) is 1.06. The van der Waals surface area contributed by atoms with Crippen LogP contribution in [0.5, 0.6) is 0 Å². The maximum Gasteiger partial charge on any atom is 0.314 e. The fourth-order valence-corrected chi connectivity index (χ4v) is 0.547. The molecule has 1 aromatic rings. The maximum atomic E-state index is 8.36. The quantitative estimate of drug-likeness (QED) is 0.491. The predicted molar refractivity (Wildman–Crippen MR) is 30.9 cm³/mol. The van der Waals surface area contributed by atoms with Crippen molar-refractivity contribution in [3.05, 3.63) is 18.4 Å². The Morgan fingerprint density at radius 2 is 2.40 bits per heavy atom. The van der Waals surface area contributed by atoms with Gasteiger partial charge in [0, 0.05) is 6.07 Å². The molecule has 0 aromatic carbocycles. The van der Waals surface area contributed by atoms with Crippen molar-refractivity contribution in [1.29, 1.82) is 5.26 Å². The Morgan fingerprint density at radius 1 is 1.70 bits per heavy atom. The van der Waals surface area contributed by atoms with Crippen LogP contribution in [0, 0.1) is 11.5 Å². The Balaban J connectivity index is 0.000000810. The molecule has 1 N–H and O–H groups in total. The second-order valence-corrected chi connectivity index (χ2v) is 1.71. The summed E-state index contributed by atoms with van der Waals surface area (Å²) < 4.78 is 4.93. The van der Waals surface area contributed by atoms with Gasteiger partial charge >= 0.3 is 12.1 Å². The van der Waals surface area contributed by atoms with Crippen LogP contribution < -0.4 is 21.9 Å². The molecular weight excluding hydrogens is 196 g/mol. The van der Waals surface area contributed by atoms with Gasteiger partial charge in [-0.25, -0.2) is 0 Å². The van der Waals surface area contributed by atoms with Crippen LogP contribution >= 0.6 is 0 Å². The molecular formula is C6H7BrN2O. The van der Waals surface area contributed by atoms with Crippen molar-refractivity contribution in [2.24, 2.45) is 0 Å². The molecule has 0 aliphatic heterocycles. The van der Waals surface area contributed by atoms with Crippen LogP contribution in [0.4, 0.5) is 5.88 Å². The molecule has 0 saturated heterocycles. The Hall–Kier alpha value is -0.790. The standard InChI is InChI=1S/C6H6N2O.BrH/c1-8(5-7)6-3-2-4-9-6;/h2-4H,1H3;1H. The lowest BCUT2D eigenvalue weighted by Gasteiger charge is -1.92. The number of furan rings is 1. The highest BCUT2D eigenvalue weighted by molar-refractivity contribution is 5.12. The molecule has 54 valence electrons. The average molecular weight is 203 g/mol. The van der Waals surface area contributed by atoms with Crippen LogP contribution in [-0.4, -0.2) is 7.05 Å². The van der Waals surface area contributed by atoms with Crippen molar-refractivity contribution in [2.45, 2.75) is 0 Å². The molecule has 0 amide bonds. The average Bonchev–Trinajstić information content (AvgIpc) is 2.37. The molecule has 0 bridgehead atoms. The molecule has 1 unspecified atom stereocenters. The summed E-state index contributed by atoms with van der Waals surface area (Å²) in [6, 6.07) is 3.52. The largest absolute Gasteiger partial charge is 1.00 e. The minimum atomic E-state index is 0. The summed E-state index contributed by atoms with van der Waals surface area (Å²) in [6.07, 6.45) is 3.54. The minimum Gasteiger partial charge on any atom is -1.00 e. The van der Waals surface area contributed by atoms with E-state index in [1.165, 1.54) is 0 Å². The smallest absolute Gasteiger partial charge is 0.314 e. The molecule has 0 aliphatic rings. The van der Waals surface area contributed by atoms with Gasteiger partial charge in [0.2, 0.25) is 0 Å². The van der Waals surface area contributed by atoms with Crippen molar-refractivity contribution >= 4 is 5.88 Å². The Labute approximate surface area is 69.6 Å². The molecule has 3 nitrogen and oxygen atoms in total. The highest BCUT2D eigenvalue weighted by atomic mass is 79.9. The Morgan fingerprint density at radius 3 is 2.80 bits per heavy atom. The second-order valence-electron chi connectivity index (χ2n) is 1.71. The van der Waals surface area contributed by atoms with Gasteiger partial charge in [-0.15, -0.1) is 5.26 Å². The van der Waals surface area contributed by atoms with Crippen LogP contribution in [0.25, 0.3) is 0 Å². The van der Waals surface area contributed by atoms with Gasteiger partial charge in [0.15, 0.2) is 0 Å². The molecule has 0 fully saturated rings. The zero-order valence-corrected chi connectivity index (χ0v) is 7.05. The zero-order chi connectivity index (χ0) is 6.69. The number of hydrogen-bond acceptors (Lipinski definition) is 2. The molecule has 0 saturated carbocycles. The van der Waals surface area contributed by atoms with E-state index in [-0.39, 0.29) is 17.0 Å². The number of halogens is 1. The molecule has 1 rings (SSSR count). The molecule has 0 radical (unpaired) electrons. The predicted octanol–water partition coefficient (Wildman–Crippen LogP) is -3.09. The van der Waals surface area contributed by atoms with E-state index in [1.54, 1.807) is 25.4 Å². The first-order valence-corrected chi connectivity index (χ1v) is 2.62. The SMILES string of the molecule is C[NH+](C#N)c1ccco1.[Br-]. The molecule has 1 atom stereocenters. The number of nitriles is 1. The third kappa shape index (κ3) is 1.87. The Kier molecular flexibility index (Phi) is 3.77. The van der Waals surface area contributed by atoms with Crippen molar-refractivity contribution < 1.29 is 26.3 Å². The minimum absolute atomic E-state index is 0. The van der Waals surface area contributed by atoms with Gasteiger partial charge in [0.05, 0.1) is 13.3 Å². The van der Waals surface area contributed by atoms with E-state index in [2.05, 4.69) is 0 Å². The molecule has 0 aliphatic carbocycles. The lowest BCUT2D eigenvalue weighted by Crippen LogP contribution is -3.00. The third-order valence-corrected chi connectivity index (χ3v) is 1.06. The summed E-state index contributed by atoms with van der Waals surface area (Å²) in [5.74, 6) is 0.650. The van der Waals surface area contributed by atoms with E-state index < -0.39 is 0 Å². The molecule has 1 aromatic heterocycles. The topological polar surface area (TPSA) is 41.4 Å². The highest BCUT2D eigenvalue weighted by Gasteiger charge is 2.05. The summed E-state index contributed by atoms with van der Waals surface area (Å²) in [6.45, 7) is 0. The number of nitrogens with zero attached hydrogens (tertiary/aromatic N) is 1. The van der Waals surface area contributed by atoms with Crippen molar-refractivity contribution in [3.63, 3.8) is 0 Å². The first-order chi connectivity index (χ1) is 4.34. The highest BCUT2D eigenvalue weighted by Crippen LogP contribution is 1.97. The maximum absolute atomic E-state index is 8.36. The van der Waals surface area contributed by atoms with Crippen molar-refractivity contribution in [3.8, 4) is 6.19 Å². The number of rotatable bonds is 1. The van der Waals surface area contributed by atoms with Crippen LogP contribution in [0.15, 0.2) is 22.8 Å². The fraction of sp³-hybridized carbons (Fsp3) is 0.167. The summed E-state index contributed by atoms with van der Waals surface area (Å²) in [5, 5.41) is 8.36. The monoisotopic (exact) mass is 202 g/mol. The van der Waals surface area contributed by atoms with Gasteiger partial charge in [-0.2, -0.15) is 4.90 Å². The van der Waals surface area contributed by atoms with E-state index in [1.807, 2.05) is 6.19 Å². The molecule has 1 heterocycles. The van der Waals surface area contributed by atoms with E-state index >= 15 is 0 Å². The van der Waals surface area contributed by atoms with E-state index in [0.29, 0.717) is 10.8 Å². The van der Waals surface area contributed by atoms with Crippen LogP contribution in [-0.2, 0) is 0 Å². The van der Waals surface area contributed by atoms with E-state index in [0.717, 1.165) is 0 Å². The number of hydrogen-bond donors (Lipinski definition) is 1. The fourth-order valence-electron chi connectivity index (χ4n) is 0.547. The number of quaternary nitrogens is 1. The van der Waals surface area contributed by atoms with Crippen LogP contribution in [0.2, 0.25) is 0 Å². The first kappa shape index (κ1) is 9.21. The van der Waals surface area contributed by atoms with Gasteiger partial charge in [0.1, 0.15) is 0 Å². The van der Waals surface area contributed by atoms with Crippen LogP contribution in [0.1, 0.15) is 0 Å². The lowest BCUT2D eigenvalue weighted by molar-refractivity contribution is -0.743. The van der Waals surface area contributed by atoms with Crippen molar-refractivity contribution in [2.75, 3.05) is 7.05 Å². The molecule has 0 spiro atoms. The van der Waals surface area contributed by atoms with E-state index in [4.69, 9.17) is 9.68 Å². The summed E-state index contributed by atoms with van der Waals surface area (Å²) in [4.78, 5) is 0.611. The normalized spacial score (nSPS) is 11.2. The van der Waals surface area contributed by atoms with Gasteiger partial charge in [-0.05, 0) is 6.07 Å².